The van der Waals surface area contributed by atoms with Crippen LogP contribution in [0.15, 0.2) is 24.5 Å². The van der Waals surface area contributed by atoms with E-state index in [1.54, 1.807) is 0 Å². The number of amides is 2. The van der Waals surface area contributed by atoms with Crippen LogP contribution in [0.3, 0.4) is 0 Å². The number of hydrogen-bond acceptors (Lipinski definition) is 2. The molecule has 0 aliphatic carbocycles. The highest BCUT2D eigenvalue weighted by Gasteiger charge is 2.18. The zero-order valence-electron chi connectivity index (χ0n) is 11.9. The number of likely N-dealkylation sites (tertiary alicyclic amines) is 1. The summed E-state index contributed by atoms with van der Waals surface area (Å²) in [5.74, 6) is 0.355. The highest BCUT2D eigenvalue weighted by molar-refractivity contribution is 5.78. The van der Waals surface area contributed by atoms with Crippen LogP contribution < -0.4 is 5.32 Å². The van der Waals surface area contributed by atoms with E-state index in [-0.39, 0.29) is 11.8 Å². The zero-order chi connectivity index (χ0) is 14.2. The van der Waals surface area contributed by atoms with Gasteiger partial charge in [-0.05, 0) is 31.4 Å². The van der Waals surface area contributed by atoms with Gasteiger partial charge in [0.05, 0.1) is 0 Å². The van der Waals surface area contributed by atoms with E-state index in [0.717, 1.165) is 38.9 Å². The predicted octanol–water partition coefficient (Wildman–Crippen LogP) is 1.40. The molecule has 0 spiro atoms. The molecule has 2 rings (SSSR count). The molecule has 1 aliphatic rings. The lowest BCUT2D eigenvalue weighted by molar-refractivity contribution is -0.127. The van der Waals surface area contributed by atoms with Crippen molar-refractivity contribution < 1.29 is 9.59 Å². The normalized spacial score (nSPS) is 14.8. The van der Waals surface area contributed by atoms with Crippen molar-refractivity contribution in [2.75, 3.05) is 19.6 Å². The van der Waals surface area contributed by atoms with Crippen LogP contribution in [0.25, 0.3) is 0 Å². The van der Waals surface area contributed by atoms with Crippen LogP contribution in [-0.2, 0) is 16.1 Å². The maximum atomic E-state index is 11.6. The Morgan fingerprint density at radius 2 is 2.00 bits per heavy atom. The third-order valence-corrected chi connectivity index (χ3v) is 3.58. The summed E-state index contributed by atoms with van der Waals surface area (Å²) in [6, 6.07) is 3.97. The summed E-state index contributed by atoms with van der Waals surface area (Å²) >= 11 is 0. The molecule has 1 aromatic rings. The van der Waals surface area contributed by atoms with Gasteiger partial charge in [-0.2, -0.15) is 0 Å². The van der Waals surface area contributed by atoms with Gasteiger partial charge in [0.1, 0.15) is 0 Å². The topological polar surface area (TPSA) is 54.3 Å². The Labute approximate surface area is 119 Å². The summed E-state index contributed by atoms with van der Waals surface area (Å²) in [6.45, 7) is 3.18. The summed E-state index contributed by atoms with van der Waals surface area (Å²) in [7, 11) is 0. The third kappa shape index (κ3) is 4.72. The maximum absolute atomic E-state index is 11.6. The van der Waals surface area contributed by atoms with E-state index >= 15 is 0 Å². The van der Waals surface area contributed by atoms with E-state index in [9.17, 15) is 9.59 Å². The van der Waals surface area contributed by atoms with Crippen LogP contribution >= 0.6 is 0 Å². The summed E-state index contributed by atoms with van der Waals surface area (Å²) in [5.41, 5.74) is 0. The quantitative estimate of drug-likeness (QED) is 0.730. The van der Waals surface area contributed by atoms with Crippen molar-refractivity contribution in [2.24, 2.45) is 0 Å². The number of aryl methyl sites for hydroxylation is 1. The van der Waals surface area contributed by atoms with E-state index in [4.69, 9.17) is 0 Å². The Kier molecular flexibility index (Phi) is 5.65. The largest absolute Gasteiger partial charge is 0.356 e. The second kappa shape index (κ2) is 7.72. The van der Waals surface area contributed by atoms with Gasteiger partial charge in [0.25, 0.3) is 0 Å². The fraction of sp³-hybridized carbons (Fsp3) is 0.600. The first-order valence-corrected chi connectivity index (χ1v) is 7.41. The second-order valence-corrected chi connectivity index (χ2v) is 5.21. The monoisotopic (exact) mass is 277 g/mol. The Morgan fingerprint density at radius 3 is 2.70 bits per heavy atom. The second-order valence-electron chi connectivity index (χ2n) is 5.21. The molecule has 0 aromatic carbocycles. The summed E-state index contributed by atoms with van der Waals surface area (Å²) in [4.78, 5) is 24.9. The van der Waals surface area contributed by atoms with Gasteiger partial charge in [-0.1, -0.05) is 0 Å². The number of carbonyl (C=O) groups is 2. The van der Waals surface area contributed by atoms with Gasteiger partial charge in [-0.3, -0.25) is 9.59 Å². The van der Waals surface area contributed by atoms with Gasteiger partial charge in [0.2, 0.25) is 11.8 Å². The first-order valence-electron chi connectivity index (χ1n) is 7.41. The van der Waals surface area contributed by atoms with Crippen LogP contribution in [-0.4, -0.2) is 40.9 Å². The van der Waals surface area contributed by atoms with Crippen LogP contribution in [0, 0.1) is 0 Å². The average molecular weight is 277 g/mol. The number of nitrogens with zero attached hydrogens (tertiary/aromatic N) is 2. The third-order valence-electron chi connectivity index (χ3n) is 3.58. The van der Waals surface area contributed by atoms with Crippen LogP contribution in [0.1, 0.15) is 32.1 Å². The molecule has 0 radical (unpaired) electrons. The molecule has 5 nitrogen and oxygen atoms in total. The van der Waals surface area contributed by atoms with Gasteiger partial charge in [-0.15, -0.1) is 0 Å². The molecule has 1 aromatic heterocycles. The van der Waals surface area contributed by atoms with Crippen molar-refractivity contribution >= 4 is 11.8 Å². The lowest BCUT2D eigenvalue weighted by Crippen LogP contribution is -2.30. The van der Waals surface area contributed by atoms with Gasteiger partial charge in [0.15, 0.2) is 0 Å². The van der Waals surface area contributed by atoms with Crippen molar-refractivity contribution in [1.29, 1.82) is 0 Å². The van der Waals surface area contributed by atoms with Crippen molar-refractivity contribution in [3.8, 4) is 0 Å². The standard InChI is InChI=1S/C15H23N3O2/c19-14(6-3-11-17-9-1-2-10-17)16-8-5-13-18-12-4-7-15(18)20/h1-2,9-10H,3-8,11-13H2,(H,16,19). The Bertz CT molecular complexity index is 428. The number of carbonyl (C=O) groups excluding carboxylic acids is 2. The van der Waals surface area contributed by atoms with Gasteiger partial charge in [0, 0.05) is 51.4 Å². The molecule has 0 bridgehead atoms. The molecular formula is C15H23N3O2. The van der Waals surface area contributed by atoms with E-state index in [1.807, 2.05) is 29.4 Å². The lowest BCUT2D eigenvalue weighted by Gasteiger charge is -2.15. The molecule has 110 valence electrons. The molecule has 2 heterocycles. The Hall–Kier alpha value is -1.78. The predicted molar refractivity (Wildman–Crippen MR) is 77.1 cm³/mol. The molecule has 1 fully saturated rings. The fourth-order valence-corrected chi connectivity index (χ4v) is 2.47. The van der Waals surface area contributed by atoms with Crippen molar-refractivity contribution in [2.45, 2.75) is 38.6 Å². The SMILES string of the molecule is O=C(CCCn1cccc1)NCCCN1CCCC1=O. The van der Waals surface area contributed by atoms with Crippen molar-refractivity contribution in [1.82, 2.24) is 14.8 Å². The molecule has 0 unspecified atom stereocenters. The molecule has 5 heteroatoms. The lowest BCUT2D eigenvalue weighted by atomic mass is 10.3. The smallest absolute Gasteiger partial charge is 0.222 e. The molecular weight excluding hydrogens is 254 g/mol. The van der Waals surface area contributed by atoms with Crippen molar-refractivity contribution in [3.05, 3.63) is 24.5 Å². The molecule has 1 aliphatic heterocycles. The maximum Gasteiger partial charge on any atom is 0.222 e. The molecule has 2 amide bonds. The molecule has 0 atom stereocenters. The Morgan fingerprint density at radius 1 is 1.20 bits per heavy atom. The highest BCUT2D eigenvalue weighted by atomic mass is 16.2. The van der Waals surface area contributed by atoms with Crippen LogP contribution in [0.4, 0.5) is 0 Å². The average Bonchev–Trinajstić information content (AvgIpc) is 3.07. The molecule has 20 heavy (non-hydrogen) atoms. The first kappa shape index (κ1) is 14.6. The van der Waals surface area contributed by atoms with Gasteiger partial charge in [-0.25, -0.2) is 0 Å². The minimum absolute atomic E-state index is 0.102. The minimum atomic E-state index is 0.102. The van der Waals surface area contributed by atoms with Crippen LogP contribution in [0.5, 0.6) is 0 Å². The number of hydrogen-bond donors (Lipinski definition) is 1. The molecule has 1 saturated heterocycles. The highest BCUT2D eigenvalue weighted by Crippen LogP contribution is 2.09. The fourth-order valence-electron chi connectivity index (χ4n) is 2.47. The number of aromatic nitrogens is 1. The van der Waals surface area contributed by atoms with E-state index in [1.165, 1.54) is 0 Å². The number of rotatable bonds is 8. The zero-order valence-corrected chi connectivity index (χ0v) is 11.9. The van der Waals surface area contributed by atoms with Gasteiger partial charge >= 0.3 is 0 Å². The first-order chi connectivity index (χ1) is 9.75. The number of nitrogens with one attached hydrogen (secondary N) is 1. The van der Waals surface area contributed by atoms with E-state index in [0.29, 0.717) is 19.4 Å². The van der Waals surface area contributed by atoms with E-state index in [2.05, 4.69) is 9.88 Å². The van der Waals surface area contributed by atoms with Crippen molar-refractivity contribution in [3.63, 3.8) is 0 Å². The van der Waals surface area contributed by atoms with Gasteiger partial charge < -0.3 is 14.8 Å². The molecule has 1 N–H and O–H groups in total. The van der Waals surface area contributed by atoms with E-state index < -0.39 is 0 Å². The molecule has 0 saturated carbocycles. The summed E-state index contributed by atoms with van der Waals surface area (Å²) < 4.78 is 2.08. The summed E-state index contributed by atoms with van der Waals surface area (Å²) in [5, 5.41) is 2.92. The van der Waals surface area contributed by atoms with Crippen LogP contribution in [0.2, 0.25) is 0 Å². The minimum Gasteiger partial charge on any atom is -0.356 e. The Balaban J connectivity index is 1.48. The summed E-state index contributed by atoms with van der Waals surface area (Å²) in [6.07, 6.45) is 7.92.